The molecule has 0 aliphatic heterocycles. The molecule has 0 saturated heterocycles. The molecule has 1 aliphatic carbocycles. The zero-order valence-electron chi connectivity index (χ0n) is 9.19. The standard InChI is InChI=1S/C12H17NO2/c1-14-11-5-3-4-9(12(11)15-2)10-6-8(10)7-13/h3-5,8,10H,6-7,13H2,1-2H3/t8-,10-/m1/s1. The van der Waals surface area contributed by atoms with Gasteiger partial charge in [0.15, 0.2) is 11.5 Å². The van der Waals surface area contributed by atoms with Crippen molar-refractivity contribution in [2.75, 3.05) is 20.8 Å². The van der Waals surface area contributed by atoms with Crippen molar-refractivity contribution in [3.8, 4) is 11.5 Å². The van der Waals surface area contributed by atoms with E-state index in [9.17, 15) is 0 Å². The van der Waals surface area contributed by atoms with Crippen LogP contribution in [-0.4, -0.2) is 20.8 Å². The first kappa shape index (κ1) is 10.3. The summed E-state index contributed by atoms with van der Waals surface area (Å²) in [5.74, 6) is 2.84. The second kappa shape index (κ2) is 4.11. The highest BCUT2D eigenvalue weighted by Gasteiger charge is 2.39. The Labute approximate surface area is 90.2 Å². The summed E-state index contributed by atoms with van der Waals surface area (Å²) in [5.41, 5.74) is 6.88. The van der Waals surface area contributed by atoms with Crippen molar-refractivity contribution in [2.45, 2.75) is 12.3 Å². The van der Waals surface area contributed by atoms with Gasteiger partial charge in [0.2, 0.25) is 0 Å². The summed E-state index contributed by atoms with van der Waals surface area (Å²) >= 11 is 0. The first-order valence-electron chi connectivity index (χ1n) is 5.22. The van der Waals surface area contributed by atoms with E-state index in [4.69, 9.17) is 15.2 Å². The number of ether oxygens (including phenoxy) is 2. The van der Waals surface area contributed by atoms with E-state index in [1.165, 1.54) is 12.0 Å². The topological polar surface area (TPSA) is 44.5 Å². The number of para-hydroxylation sites is 1. The van der Waals surface area contributed by atoms with Crippen LogP contribution in [-0.2, 0) is 0 Å². The quantitative estimate of drug-likeness (QED) is 0.818. The summed E-state index contributed by atoms with van der Waals surface area (Å²) in [4.78, 5) is 0. The van der Waals surface area contributed by atoms with Crippen molar-refractivity contribution < 1.29 is 9.47 Å². The molecule has 0 amide bonds. The van der Waals surface area contributed by atoms with E-state index in [0.717, 1.165) is 18.0 Å². The second-order valence-electron chi connectivity index (χ2n) is 3.92. The molecule has 1 aromatic carbocycles. The van der Waals surface area contributed by atoms with Gasteiger partial charge in [-0.2, -0.15) is 0 Å². The van der Waals surface area contributed by atoms with Gasteiger partial charge in [0.25, 0.3) is 0 Å². The Bertz CT molecular complexity index is 351. The molecule has 82 valence electrons. The summed E-state index contributed by atoms with van der Waals surface area (Å²) in [6.45, 7) is 0.755. The van der Waals surface area contributed by atoms with E-state index in [0.29, 0.717) is 11.8 Å². The molecule has 15 heavy (non-hydrogen) atoms. The Balaban J connectivity index is 2.31. The molecule has 3 heteroatoms. The molecular weight excluding hydrogens is 190 g/mol. The zero-order valence-corrected chi connectivity index (χ0v) is 9.19. The Morgan fingerprint density at radius 1 is 1.33 bits per heavy atom. The summed E-state index contributed by atoms with van der Waals surface area (Å²) in [6.07, 6.45) is 1.17. The molecule has 1 saturated carbocycles. The fourth-order valence-electron chi connectivity index (χ4n) is 2.09. The van der Waals surface area contributed by atoms with Crippen LogP contribution in [0.4, 0.5) is 0 Å². The number of benzene rings is 1. The average molecular weight is 207 g/mol. The number of hydrogen-bond acceptors (Lipinski definition) is 3. The lowest BCUT2D eigenvalue weighted by Gasteiger charge is -2.12. The zero-order chi connectivity index (χ0) is 10.8. The predicted octanol–water partition coefficient (Wildman–Crippen LogP) is 1.77. The van der Waals surface area contributed by atoms with E-state index >= 15 is 0 Å². The normalized spacial score (nSPS) is 23.7. The van der Waals surface area contributed by atoms with Crippen LogP contribution in [0.5, 0.6) is 11.5 Å². The van der Waals surface area contributed by atoms with Crippen molar-refractivity contribution in [1.29, 1.82) is 0 Å². The summed E-state index contributed by atoms with van der Waals surface area (Å²) in [5, 5.41) is 0. The number of hydrogen-bond donors (Lipinski definition) is 1. The van der Waals surface area contributed by atoms with Crippen LogP contribution in [0.2, 0.25) is 0 Å². The van der Waals surface area contributed by atoms with Gasteiger partial charge in [0, 0.05) is 5.56 Å². The molecule has 1 fully saturated rings. The largest absolute Gasteiger partial charge is 0.493 e. The number of methoxy groups -OCH3 is 2. The highest BCUT2D eigenvalue weighted by Crippen LogP contribution is 2.51. The Hall–Kier alpha value is -1.22. The van der Waals surface area contributed by atoms with Crippen molar-refractivity contribution in [1.82, 2.24) is 0 Å². The van der Waals surface area contributed by atoms with Crippen molar-refractivity contribution in [3.05, 3.63) is 23.8 Å². The molecule has 0 bridgehead atoms. The summed E-state index contributed by atoms with van der Waals surface area (Å²) < 4.78 is 10.7. The highest BCUT2D eigenvalue weighted by molar-refractivity contribution is 5.50. The number of nitrogens with two attached hydrogens (primary N) is 1. The van der Waals surface area contributed by atoms with E-state index in [-0.39, 0.29) is 0 Å². The average Bonchev–Trinajstić information content (AvgIpc) is 3.07. The Morgan fingerprint density at radius 3 is 2.67 bits per heavy atom. The lowest BCUT2D eigenvalue weighted by Crippen LogP contribution is -2.03. The first-order valence-corrected chi connectivity index (χ1v) is 5.22. The highest BCUT2D eigenvalue weighted by atomic mass is 16.5. The van der Waals surface area contributed by atoms with Crippen molar-refractivity contribution in [3.63, 3.8) is 0 Å². The van der Waals surface area contributed by atoms with E-state index in [1.807, 2.05) is 12.1 Å². The third kappa shape index (κ3) is 1.79. The molecule has 2 atom stereocenters. The molecule has 1 aliphatic rings. The smallest absolute Gasteiger partial charge is 0.164 e. The maximum atomic E-state index is 5.65. The maximum absolute atomic E-state index is 5.65. The third-order valence-electron chi connectivity index (χ3n) is 3.06. The minimum atomic E-state index is 0.556. The van der Waals surface area contributed by atoms with Gasteiger partial charge in [-0.3, -0.25) is 0 Å². The summed E-state index contributed by atoms with van der Waals surface area (Å²) in [6, 6.07) is 6.02. The fourth-order valence-corrected chi connectivity index (χ4v) is 2.09. The molecule has 0 aromatic heterocycles. The fraction of sp³-hybridized carbons (Fsp3) is 0.500. The monoisotopic (exact) mass is 207 g/mol. The van der Waals surface area contributed by atoms with Gasteiger partial charge in [-0.05, 0) is 30.9 Å². The van der Waals surface area contributed by atoms with E-state index in [1.54, 1.807) is 14.2 Å². The van der Waals surface area contributed by atoms with E-state index in [2.05, 4.69) is 6.07 Å². The molecule has 3 nitrogen and oxygen atoms in total. The molecule has 2 N–H and O–H groups in total. The van der Waals surface area contributed by atoms with Crippen molar-refractivity contribution in [2.24, 2.45) is 11.7 Å². The Morgan fingerprint density at radius 2 is 2.13 bits per heavy atom. The first-order chi connectivity index (χ1) is 7.31. The lowest BCUT2D eigenvalue weighted by molar-refractivity contribution is 0.351. The second-order valence-corrected chi connectivity index (χ2v) is 3.92. The minimum absolute atomic E-state index is 0.556. The van der Waals surface area contributed by atoms with Gasteiger partial charge in [-0.25, -0.2) is 0 Å². The predicted molar refractivity (Wildman–Crippen MR) is 59.4 cm³/mol. The van der Waals surface area contributed by atoms with Crippen LogP contribution >= 0.6 is 0 Å². The molecule has 0 radical (unpaired) electrons. The van der Waals surface area contributed by atoms with Crippen molar-refractivity contribution >= 4 is 0 Å². The van der Waals surface area contributed by atoms with Gasteiger partial charge in [-0.1, -0.05) is 12.1 Å². The lowest BCUT2D eigenvalue weighted by atomic mass is 10.1. The van der Waals surface area contributed by atoms with Gasteiger partial charge in [-0.15, -0.1) is 0 Å². The van der Waals surface area contributed by atoms with Crippen LogP contribution in [0.15, 0.2) is 18.2 Å². The molecule has 1 aromatic rings. The van der Waals surface area contributed by atoms with Gasteiger partial charge < -0.3 is 15.2 Å². The SMILES string of the molecule is COc1cccc([C@@H]2C[C@@H]2CN)c1OC. The number of rotatable bonds is 4. The van der Waals surface area contributed by atoms with E-state index < -0.39 is 0 Å². The van der Waals surface area contributed by atoms with Gasteiger partial charge in [0.05, 0.1) is 14.2 Å². The van der Waals surface area contributed by atoms with Crippen LogP contribution in [0, 0.1) is 5.92 Å². The molecular formula is C12H17NO2. The third-order valence-corrected chi connectivity index (χ3v) is 3.06. The van der Waals surface area contributed by atoms with Gasteiger partial charge >= 0.3 is 0 Å². The molecule has 0 heterocycles. The maximum Gasteiger partial charge on any atom is 0.164 e. The van der Waals surface area contributed by atoms with Crippen LogP contribution in [0.3, 0.4) is 0 Å². The Kier molecular flexibility index (Phi) is 2.82. The molecule has 0 spiro atoms. The molecule has 2 rings (SSSR count). The van der Waals surface area contributed by atoms with Crippen LogP contribution < -0.4 is 15.2 Å². The van der Waals surface area contributed by atoms with Crippen LogP contribution in [0.25, 0.3) is 0 Å². The van der Waals surface area contributed by atoms with Gasteiger partial charge in [0.1, 0.15) is 0 Å². The van der Waals surface area contributed by atoms with Crippen LogP contribution in [0.1, 0.15) is 17.9 Å². The summed E-state index contributed by atoms with van der Waals surface area (Å²) in [7, 11) is 3.34. The minimum Gasteiger partial charge on any atom is -0.493 e. The molecule has 0 unspecified atom stereocenters.